The Balaban J connectivity index is 2.58. The van der Waals surface area contributed by atoms with Crippen molar-refractivity contribution in [3.63, 3.8) is 0 Å². The molecule has 0 saturated heterocycles. The fourth-order valence-corrected chi connectivity index (χ4v) is 2.57. The quantitative estimate of drug-likeness (QED) is 0.754. The summed E-state index contributed by atoms with van der Waals surface area (Å²) in [7, 11) is 4.27. The van der Waals surface area contributed by atoms with E-state index in [9.17, 15) is 0 Å². The molecule has 1 unspecified atom stereocenters. The number of hydrogen-bond donors (Lipinski definition) is 1. The van der Waals surface area contributed by atoms with E-state index in [1.165, 1.54) is 11.3 Å². The fraction of sp³-hybridized carbons (Fsp3) is 0.667. The maximum absolute atomic E-state index is 3.69. The monoisotopic (exact) mass is 291 g/mol. The van der Waals surface area contributed by atoms with E-state index in [1.807, 2.05) is 0 Å². The molecule has 1 rings (SSSR count). The summed E-state index contributed by atoms with van der Waals surface area (Å²) in [4.78, 5) is 4.63. The molecule has 0 radical (unpaired) electrons. The van der Waals surface area contributed by atoms with Crippen LogP contribution in [0.2, 0.25) is 0 Å². The summed E-state index contributed by atoms with van der Waals surface area (Å²) in [6.45, 7) is 13.1. The molecule has 0 spiro atoms. The van der Waals surface area contributed by atoms with Gasteiger partial charge in [0, 0.05) is 37.9 Å². The lowest BCUT2D eigenvalue weighted by Crippen LogP contribution is -2.41. The molecule has 1 N–H and O–H groups in total. The number of benzene rings is 1. The Morgan fingerprint density at radius 2 is 1.57 bits per heavy atom. The van der Waals surface area contributed by atoms with Crippen molar-refractivity contribution in [2.75, 3.05) is 38.6 Å². The molecule has 0 bridgehead atoms. The summed E-state index contributed by atoms with van der Waals surface area (Å²) < 4.78 is 0. The van der Waals surface area contributed by atoms with E-state index in [0.29, 0.717) is 12.0 Å². The van der Waals surface area contributed by atoms with E-state index >= 15 is 0 Å². The molecule has 0 saturated carbocycles. The summed E-state index contributed by atoms with van der Waals surface area (Å²) in [5, 5.41) is 3.69. The first-order valence-electron chi connectivity index (χ1n) is 8.19. The Labute approximate surface area is 131 Å². The highest BCUT2D eigenvalue weighted by Crippen LogP contribution is 2.15. The highest BCUT2D eigenvalue weighted by molar-refractivity contribution is 5.47. The van der Waals surface area contributed by atoms with E-state index in [2.05, 4.69) is 81.2 Å². The van der Waals surface area contributed by atoms with Crippen LogP contribution in [0.25, 0.3) is 0 Å². The van der Waals surface area contributed by atoms with Crippen LogP contribution in [0.15, 0.2) is 24.3 Å². The van der Waals surface area contributed by atoms with Gasteiger partial charge in [-0.15, -0.1) is 0 Å². The molecule has 1 aromatic rings. The number of likely N-dealkylation sites (N-methyl/N-ethyl adjacent to an activating group) is 1. The van der Waals surface area contributed by atoms with Gasteiger partial charge < -0.3 is 15.1 Å². The Bertz CT molecular complexity index is 380. The third-order valence-corrected chi connectivity index (χ3v) is 4.00. The molecule has 0 heterocycles. The smallest absolute Gasteiger partial charge is 0.0366 e. The SMILES string of the molecule is CCN(CC)c1ccc(CNC(CN(C)C)C(C)C)cc1. The van der Waals surface area contributed by atoms with Crippen molar-refractivity contribution in [3.8, 4) is 0 Å². The number of nitrogens with one attached hydrogen (secondary N) is 1. The average molecular weight is 291 g/mol. The predicted octanol–water partition coefficient (Wildman–Crippen LogP) is 3.21. The van der Waals surface area contributed by atoms with Crippen LogP contribution in [0.3, 0.4) is 0 Å². The van der Waals surface area contributed by atoms with E-state index < -0.39 is 0 Å². The van der Waals surface area contributed by atoms with Gasteiger partial charge in [-0.05, 0) is 51.6 Å². The average Bonchev–Trinajstić information content (AvgIpc) is 2.45. The standard InChI is InChI=1S/C18H33N3/c1-7-21(8-2)17-11-9-16(10-12-17)13-19-18(15(3)4)14-20(5)6/h9-12,15,18-19H,7-8,13-14H2,1-6H3. The second kappa shape index (κ2) is 9.06. The lowest BCUT2D eigenvalue weighted by atomic mass is 10.0. The molecule has 120 valence electrons. The summed E-state index contributed by atoms with van der Waals surface area (Å²) in [5.41, 5.74) is 2.67. The van der Waals surface area contributed by atoms with Crippen molar-refractivity contribution in [2.24, 2.45) is 5.92 Å². The van der Waals surface area contributed by atoms with E-state index in [1.54, 1.807) is 0 Å². The number of rotatable bonds is 9. The largest absolute Gasteiger partial charge is 0.372 e. The Hall–Kier alpha value is -1.06. The molecule has 0 aliphatic rings. The first-order chi connectivity index (χ1) is 9.97. The number of anilines is 1. The minimum Gasteiger partial charge on any atom is -0.372 e. The zero-order chi connectivity index (χ0) is 15.8. The van der Waals surface area contributed by atoms with Gasteiger partial charge in [-0.25, -0.2) is 0 Å². The molecule has 1 aromatic carbocycles. The van der Waals surface area contributed by atoms with Crippen LogP contribution in [0, 0.1) is 5.92 Å². The highest BCUT2D eigenvalue weighted by Gasteiger charge is 2.13. The van der Waals surface area contributed by atoms with Crippen molar-refractivity contribution in [3.05, 3.63) is 29.8 Å². The molecule has 0 aliphatic heterocycles. The molecule has 0 aliphatic carbocycles. The van der Waals surface area contributed by atoms with Crippen molar-refractivity contribution < 1.29 is 0 Å². The van der Waals surface area contributed by atoms with Crippen molar-refractivity contribution >= 4 is 5.69 Å². The van der Waals surface area contributed by atoms with E-state index in [0.717, 1.165) is 26.2 Å². The Morgan fingerprint density at radius 3 is 2.00 bits per heavy atom. The topological polar surface area (TPSA) is 18.5 Å². The minimum atomic E-state index is 0.530. The first kappa shape index (κ1) is 18.0. The second-order valence-electron chi connectivity index (χ2n) is 6.33. The summed E-state index contributed by atoms with van der Waals surface area (Å²) in [6.07, 6.45) is 0. The van der Waals surface area contributed by atoms with Crippen LogP contribution >= 0.6 is 0 Å². The minimum absolute atomic E-state index is 0.530. The van der Waals surface area contributed by atoms with Gasteiger partial charge in [0.2, 0.25) is 0 Å². The molecule has 1 atom stereocenters. The second-order valence-corrected chi connectivity index (χ2v) is 6.33. The number of nitrogens with zero attached hydrogens (tertiary/aromatic N) is 2. The zero-order valence-corrected chi connectivity index (χ0v) is 14.7. The van der Waals surface area contributed by atoms with Crippen LogP contribution in [0.5, 0.6) is 0 Å². The summed E-state index contributed by atoms with van der Waals surface area (Å²) in [6, 6.07) is 9.49. The highest BCUT2D eigenvalue weighted by atomic mass is 15.1. The zero-order valence-electron chi connectivity index (χ0n) is 14.7. The van der Waals surface area contributed by atoms with Crippen LogP contribution in [-0.4, -0.2) is 44.7 Å². The molecule has 0 amide bonds. The van der Waals surface area contributed by atoms with Gasteiger partial charge in [0.05, 0.1) is 0 Å². The van der Waals surface area contributed by atoms with Crippen LogP contribution in [-0.2, 0) is 6.54 Å². The van der Waals surface area contributed by atoms with Crippen LogP contribution < -0.4 is 10.2 Å². The van der Waals surface area contributed by atoms with Gasteiger partial charge >= 0.3 is 0 Å². The van der Waals surface area contributed by atoms with Crippen molar-refractivity contribution in [1.82, 2.24) is 10.2 Å². The predicted molar refractivity (Wildman–Crippen MR) is 94.0 cm³/mol. The molecule has 21 heavy (non-hydrogen) atoms. The summed E-state index contributed by atoms with van der Waals surface area (Å²) in [5.74, 6) is 0.641. The fourth-order valence-electron chi connectivity index (χ4n) is 2.57. The van der Waals surface area contributed by atoms with Gasteiger partial charge in [-0.2, -0.15) is 0 Å². The molecule has 3 heteroatoms. The molecular formula is C18H33N3. The molecule has 3 nitrogen and oxygen atoms in total. The Morgan fingerprint density at radius 1 is 1.00 bits per heavy atom. The van der Waals surface area contributed by atoms with Gasteiger partial charge in [-0.1, -0.05) is 26.0 Å². The van der Waals surface area contributed by atoms with Gasteiger partial charge in [0.25, 0.3) is 0 Å². The summed E-state index contributed by atoms with van der Waals surface area (Å²) >= 11 is 0. The van der Waals surface area contributed by atoms with E-state index in [4.69, 9.17) is 0 Å². The van der Waals surface area contributed by atoms with Gasteiger partial charge in [0.15, 0.2) is 0 Å². The van der Waals surface area contributed by atoms with Crippen LogP contribution in [0.4, 0.5) is 5.69 Å². The number of hydrogen-bond acceptors (Lipinski definition) is 3. The molecule has 0 fully saturated rings. The lowest BCUT2D eigenvalue weighted by molar-refractivity contribution is 0.288. The van der Waals surface area contributed by atoms with Crippen LogP contribution in [0.1, 0.15) is 33.3 Å². The van der Waals surface area contributed by atoms with E-state index in [-0.39, 0.29) is 0 Å². The Kier molecular flexibility index (Phi) is 7.76. The lowest BCUT2D eigenvalue weighted by Gasteiger charge is -2.26. The van der Waals surface area contributed by atoms with Crippen molar-refractivity contribution in [1.29, 1.82) is 0 Å². The third-order valence-electron chi connectivity index (χ3n) is 4.00. The maximum atomic E-state index is 3.69. The third kappa shape index (κ3) is 6.06. The normalized spacial score (nSPS) is 13.0. The molecular weight excluding hydrogens is 258 g/mol. The first-order valence-corrected chi connectivity index (χ1v) is 8.19. The maximum Gasteiger partial charge on any atom is 0.0366 e. The van der Waals surface area contributed by atoms with Gasteiger partial charge in [0.1, 0.15) is 0 Å². The molecule has 0 aromatic heterocycles. The van der Waals surface area contributed by atoms with Gasteiger partial charge in [-0.3, -0.25) is 0 Å². The van der Waals surface area contributed by atoms with Crippen molar-refractivity contribution in [2.45, 2.75) is 40.3 Å².